The highest BCUT2D eigenvalue weighted by molar-refractivity contribution is 7.13. The van der Waals surface area contributed by atoms with Crippen molar-refractivity contribution in [3.05, 3.63) is 35.2 Å². The largest absolute Gasteiger partial charge is 0.305 e. The van der Waals surface area contributed by atoms with Crippen molar-refractivity contribution in [1.82, 2.24) is 30.2 Å². The molecule has 10 nitrogen and oxygen atoms in total. The number of rotatable bonds is 6. The van der Waals surface area contributed by atoms with E-state index >= 15 is 0 Å². The van der Waals surface area contributed by atoms with Gasteiger partial charge in [0, 0.05) is 17.8 Å². The van der Waals surface area contributed by atoms with E-state index in [9.17, 15) is 4.79 Å². The zero-order valence-corrected chi connectivity index (χ0v) is 16.1. The topological polar surface area (TPSA) is 122 Å². The van der Waals surface area contributed by atoms with E-state index < -0.39 is 0 Å². The molecule has 1 unspecified atom stereocenters. The summed E-state index contributed by atoms with van der Waals surface area (Å²) in [5.74, 6) is 0.735. The quantitative estimate of drug-likeness (QED) is 0.642. The third kappa shape index (κ3) is 4.31. The van der Waals surface area contributed by atoms with Crippen LogP contribution in [0.25, 0.3) is 0 Å². The summed E-state index contributed by atoms with van der Waals surface area (Å²) in [6.45, 7) is 2.84. The number of carbonyl (C=O) groups excluding carboxylic acids is 1. The highest BCUT2D eigenvalue weighted by atomic mass is 32.1. The first-order chi connectivity index (χ1) is 13.7. The van der Waals surface area contributed by atoms with Crippen LogP contribution in [0, 0.1) is 6.92 Å². The van der Waals surface area contributed by atoms with Crippen molar-refractivity contribution < 1.29 is 9.42 Å². The van der Waals surface area contributed by atoms with Crippen LogP contribution in [0.15, 0.2) is 28.5 Å². The van der Waals surface area contributed by atoms with Crippen LogP contribution in [-0.2, 0) is 4.79 Å². The Morgan fingerprint density at radius 1 is 1.32 bits per heavy atom. The molecule has 28 heavy (non-hydrogen) atoms. The van der Waals surface area contributed by atoms with Gasteiger partial charge in [-0.1, -0.05) is 11.6 Å². The van der Waals surface area contributed by atoms with Crippen LogP contribution in [0.5, 0.6) is 0 Å². The van der Waals surface area contributed by atoms with E-state index in [4.69, 9.17) is 4.98 Å². The zero-order valence-electron chi connectivity index (χ0n) is 15.3. The molecule has 2 N–H and O–H groups in total. The van der Waals surface area contributed by atoms with Gasteiger partial charge in [0.2, 0.25) is 11.9 Å². The number of aromatic nitrogens is 5. The maximum atomic E-state index is 12.4. The molecule has 1 atom stereocenters. The van der Waals surface area contributed by atoms with Gasteiger partial charge >= 0.3 is 0 Å². The average Bonchev–Trinajstić information content (AvgIpc) is 3.32. The minimum atomic E-state index is -0.142. The molecule has 1 saturated heterocycles. The van der Waals surface area contributed by atoms with Crippen molar-refractivity contribution in [1.29, 1.82) is 0 Å². The fourth-order valence-electron chi connectivity index (χ4n) is 3.17. The Balaban J connectivity index is 1.42. The molecule has 3 aromatic rings. The number of likely N-dealkylation sites (tertiary alicyclic amines) is 1. The monoisotopic (exact) mass is 400 g/mol. The van der Waals surface area contributed by atoms with Gasteiger partial charge in [-0.25, -0.2) is 19.6 Å². The van der Waals surface area contributed by atoms with Gasteiger partial charge < -0.3 is 10.6 Å². The maximum Gasteiger partial charge on any atom is 0.239 e. The lowest BCUT2D eigenvalue weighted by molar-refractivity contribution is -0.118. The minimum Gasteiger partial charge on any atom is -0.305 e. The lowest BCUT2D eigenvalue weighted by atomic mass is 10.00. The van der Waals surface area contributed by atoms with Gasteiger partial charge in [-0.15, -0.1) is 11.3 Å². The normalized spacial score (nSPS) is 17.4. The van der Waals surface area contributed by atoms with Crippen LogP contribution in [0.1, 0.15) is 36.7 Å². The molecule has 1 amide bonds. The molecule has 0 bridgehead atoms. The van der Waals surface area contributed by atoms with Crippen LogP contribution in [0.2, 0.25) is 0 Å². The summed E-state index contributed by atoms with van der Waals surface area (Å²) >= 11 is 1.50. The second-order valence-electron chi connectivity index (χ2n) is 6.50. The standard InChI is InChI=1S/C17H20N8O2S/c1-11-15(24-27-23-11)21-14(26)9-25-8-3-2-5-13(25)12-10-28-17(20-12)22-16-18-6-4-7-19-16/h4,6-7,10,13H,2-3,5,8-9H2,1H3,(H,21,24,26)(H,18,19,20,22). The van der Waals surface area contributed by atoms with Crippen molar-refractivity contribution in [3.8, 4) is 0 Å². The Morgan fingerprint density at radius 3 is 2.96 bits per heavy atom. The Hall–Kier alpha value is -2.92. The minimum absolute atomic E-state index is 0.0968. The van der Waals surface area contributed by atoms with Gasteiger partial charge in [0.05, 0.1) is 18.3 Å². The lowest BCUT2D eigenvalue weighted by Crippen LogP contribution is -2.39. The molecular formula is C17H20N8O2S. The van der Waals surface area contributed by atoms with Crippen molar-refractivity contribution in [2.24, 2.45) is 0 Å². The van der Waals surface area contributed by atoms with Crippen LogP contribution < -0.4 is 10.6 Å². The third-order valence-electron chi connectivity index (χ3n) is 4.52. The summed E-state index contributed by atoms with van der Waals surface area (Å²) in [5.41, 5.74) is 1.51. The molecule has 4 heterocycles. The van der Waals surface area contributed by atoms with Crippen LogP contribution in [-0.4, -0.2) is 49.2 Å². The molecule has 4 rings (SSSR count). The number of hydrogen-bond donors (Lipinski definition) is 2. The molecule has 3 aromatic heterocycles. The molecule has 1 fully saturated rings. The number of nitrogens with zero attached hydrogens (tertiary/aromatic N) is 6. The predicted octanol–water partition coefficient (Wildman–Crippen LogP) is 2.53. The first-order valence-corrected chi connectivity index (χ1v) is 9.89. The van der Waals surface area contributed by atoms with Crippen molar-refractivity contribution in [2.75, 3.05) is 23.7 Å². The summed E-state index contributed by atoms with van der Waals surface area (Å²) in [6.07, 6.45) is 6.48. The molecule has 1 aliphatic rings. The maximum absolute atomic E-state index is 12.4. The number of anilines is 3. The third-order valence-corrected chi connectivity index (χ3v) is 5.29. The van der Waals surface area contributed by atoms with Gasteiger partial charge in [-0.3, -0.25) is 9.69 Å². The highest BCUT2D eigenvalue weighted by Gasteiger charge is 2.28. The molecule has 0 saturated carbocycles. The van der Waals surface area contributed by atoms with E-state index in [0.29, 0.717) is 17.5 Å². The van der Waals surface area contributed by atoms with Crippen molar-refractivity contribution in [2.45, 2.75) is 32.2 Å². The average molecular weight is 400 g/mol. The number of hydrogen-bond acceptors (Lipinski definition) is 10. The fourth-order valence-corrected chi connectivity index (χ4v) is 3.92. The van der Waals surface area contributed by atoms with Crippen LogP contribution in [0.3, 0.4) is 0 Å². The number of carbonyl (C=O) groups is 1. The van der Waals surface area contributed by atoms with E-state index in [-0.39, 0.29) is 18.5 Å². The van der Waals surface area contributed by atoms with E-state index in [1.165, 1.54) is 11.3 Å². The number of nitrogens with one attached hydrogen (secondary N) is 2. The Bertz CT molecular complexity index is 928. The van der Waals surface area contributed by atoms with E-state index in [1.54, 1.807) is 25.4 Å². The first-order valence-electron chi connectivity index (χ1n) is 9.01. The van der Waals surface area contributed by atoms with Crippen molar-refractivity contribution >= 4 is 34.1 Å². The molecule has 146 valence electrons. The van der Waals surface area contributed by atoms with E-state index in [0.717, 1.165) is 36.6 Å². The smallest absolute Gasteiger partial charge is 0.239 e. The van der Waals surface area contributed by atoms with Gasteiger partial charge in [0.1, 0.15) is 5.69 Å². The summed E-state index contributed by atoms with van der Waals surface area (Å²) in [5, 5.41) is 16.0. The SMILES string of the molecule is Cc1nonc1NC(=O)CN1CCCCC1c1csc(Nc2ncccn2)n1. The Morgan fingerprint density at radius 2 is 2.18 bits per heavy atom. The molecular weight excluding hydrogens is 380 g/mol. The van der Waals surface area contributed by atoms with Crippen LogP contribution >= 0.6 is 11.3 Å². The Kier molecular flexibility index (Phi) is 5.53. The molecule has 0 aromatic carbocycles. The fraction of sp³-hybridized carbons (Fsp3) is 0.412. The summed E-state index contributed by atoms with van der Waals surface area (Å²) in [4.78, 5) is 27.6. The molecule has 1 aliphatic heterocycles. The second-order valence-corrected chi connectivity index (χ2v) is 7.36. The Labute approximate surface area is 165 Å². The number of aryl methyl sites for hydroxylation is 1. The number of thiazole rings is 1. The predicted molar refractivity (Wildman–Crippen MR) is 103 cm³/mol. The zero-order chi connectivity index (χ0) is 19.3. The molecule has 11 heteroatoms. The van der Waals surface area contributed by atoms with Crippen LogP contribution in [0.4, 0.5) is 16.9 Å². The number of amides is 1. The molecule has 0 aliphatic carbocycles. The van der Waals surface area contributed by atoms with Gasteiger partial charge in [0.15, 0.2) is 10.9 Å². The number of piperidine rings is 1. The molecule has 0 radical (unpaired) electrons. The highest BCUT2D eigenvalue weighted by Crippen LogP contribution is 2.33. The molecule has 0 spiro atoms. The van der Waals surface area contributed by atoms with E-state index in [2.05, 4.69) is 40.4 Å². The summed E-state index contributed by atoms with van der Waals surface area (Å²) < 4.78 is 4.62. The summed E-state index contributed by atoms with van der Waals surface area (Å²) in [6, 6.07) is 1.86. The summed E-state index contributed by atoms with van der Waals surface area (Å²) in [7, 11) is 0. The van der Waals surface area contributed by atoms with E-state index in [1.807, 2.05) is 5.38 Å². The first kappa shape index (κ1) is 18.4. The second kappa shape index (κ2) is 8.40. The lowest BCUT2D eigenvalue weighted by Gasteiger charge is -2.34. The van der Waals surface area contributed by atoms with Crippen molar-refractivity contribution in [3.63, 3.8) is 0 Å². The van der Waals surface area contributed by atoms with Gasteiger partial charge in [0.25, 0.3) is 0 Å². The van der Waals surface area contributed by atoms with Gasteiger partial charge in [-0.05, 0) is 37.5 Å². The van der Waals surface area contributed by atoms with Gasteiger partial charge in [-0.2, -0.15) is 0 Å².